The highest BCUT2D eigenvalue weighted by Crippen LogP contribution is 2.29. The van der Waals surface area contributed by atoms with Crippen LogP contribution in [0.4, 0.5) is 0 Å². The lowest BCUT2D eigenvalue weighted by molar-refractivity contribution is -0.133. The summed E-state index contributed by atoms with van der Waals surface area (Å²) >= 11 is 7.58. The first-order valence-corrected chi connectivity index (χ1v) is 14.2. The molecule has 8 heteroatoms. The van der Waals surface area contributed by atoms with E-state index in [9.17, 15) is 13.2 Å². The molecule has 1 amide bonds. The van der Waals surface area contributed by atoms with Crippen molar-refractivity contribution < 1.29 is 13.2 Å². The van der Waals surface area contributed by atoms with Gasteiger partial charge in [0.15, 0.2) is 0 Å². The summed E-state index contributed by atoms with van der Waals surface area (Å²) in [5.41, 5.74) is 1.01. The lowest BCUT2D eigenvalue weighted by Gasteiger charge is -2.34. The summed E-state index contributed by atoms with van der Waals surface area (Å²) < 4.78 is 28.8. The zero-order valence-electron chi connectivity index (χ0n) is 19.0. The number of rotatable bonds is 9. The Labute approximate surface area is 211 Å². The Bertz CT molecular complexity index is 1160. The first-order valence-electron chi connectivity index (χ1n) is 11.5. The third kappa shape index (κ3) is 6.27. The molecule has 1 aliphatic rings. The molecule has 1 heterocycles. The van der Waals surface area contributed by atoms with Crippen LogP contribution in [-0.2, 0) is 27.9 Å². The van der Waals surface area contributed by atoms with Gasteiger partial charge in [-0.3, -0.25) is 4.79 Å². The molecule has 3 aromatic rings. The van der Waals surface area contributed by atoms with Crippen LogP contribution in [-0.4, -0.2) is 36.1 Å². The molecule has 1 aromatic heterocycles. The van der Waals surface area contributed by atoms with Crippen LogP contribution in [0, 0.1) is 0 Å². The van der Waals surface area contributed by atoms with Gasteiger partial charge in [0.2, 0.25) is 15.9 Å². The first-order chi connectivity index (χ1) is 16.4. The summed E-state index contributed by atoms with van der Waals surface area (Å²) in [7, 11) is -3.85. The van der Waals surface area contributed by atoms with E-state index in [1.807, 2.05) is 47.8 Å². The second-order valence-corrected chi connectivity index (χ2v) is 12.0. The Balaban J connectivity index is 1.62. The topological polar surface area (TPSA) is 57.7 Å². The number of halogens is 1. The van der Waals surface area contributed by atoms with Crippen molar-refractivity contribution in [1.29, 1.82) is 0 Å². The van der Waals surface area contributed by atoms with Gasteiger partial charge in [-0.05, 0) is 54.1 Å². The van der Waals surface area contributed by atoms with Gasteiger partial charge < -0.3 is 4.90 Å². The van der Waals surface area contributed by atoms with Gasteiger partial charge in [-0.2, -0.15) is 4.31 Å². The highest BCUT2D eigenvalue weighted by Gasteiger charge is 2.35. The van der Waals surface area contributed by atoms with Gasteiger partial charge in [-0.25, -0.2) is 8.42 Å². The molecule has 0 N–H and O–H groups in total. The number of benzene rings is 2. The van der Waals surface area contributed by atoms with Crippen molar-refractivity contribution in [2.45, 2.75) is 56.1 Å². The van der Waals surface area contributed by atoms with Gasteiger partial charge in [-0.1, -0.05) is 67.3 Å². The van der Waals surface area contributed by atoms with Crippen LogP contribution in [0.25, 0.3) is 0 Å². The fraction of sp³-hybridized carbons (Fsp3) is 0.346. The predicted octanol–water partition coefficient (Wildman–Crippen LogP) is 5.95. The quantitative estimate of drug-likeness (QED) is 0.353. The van der Waals surface area contributed by atoms with E-state index in [4.69, 9.17) is 11.6 Å². The number of amides is 1. The number of carbonyl (C=O) groups is 1. The van der Waals surface area contributed by atoms with Crippen LogP contribution in [0.5, 0.6) is 0 Å². The molecule has 5 nitrogen and oxygen atoms in total. The standard InChI is InChI=1S/C26H29ClN2O3S2/c27-22-13-15-25(16-14-22)34(31,32)29(23-10-5-2-6-11-23)20-26(30)28(19-24-12-7-17-33-24)18-21-8-3-1-4-9-21/h1,3-4,7-9,12-17,23H,2,5-6,10-11,18-20H2. The van der Waals surface area contributed by atoms with Crippen molar-refractivity contribution in [2.24, 2.45) is 0 Å². The van der Waals surface area contributed by atoms with E-state index < -0.39 is 10.0 Å². The molecule has 1 fully saturated rings. The van der Waals surface area contributed by atoms with E-state index in [-0.39, 0.29) is 23.4 Å². The fourth-order valence-electron chi connectivity index (χ4n) is 4.38. The largest absolute Gasteiger partial charge is 0.332 e. The minimum atomic E-state index is -3.85. The number of sulfonamides is 1. The molecular weight excluding hydrogens is 488 g/mol. The van der Waals surface area contributed by atoms with E-state index in [0.29, 0.717) is 18.1 Å². The van der Waals surface area contributed by atoms with Crippen LogP contribution in [0.2, 0.25) is 5.02 Å². The Morgan fingerprint density at radius 3 is 2.26 bits per heavy atom. The zero-order chi connectivity index (χ0) is 24.0. The molecular formula is C26H29ClN2O3S2. The van der Waals surface area contributed by atoms with Crippen LogP contribution in [0.1, 0.15) is 42.5 Å². The Kier molecular flexibility index (Phi) is 8.42. The highest BCUT2D eigenvalue weighted by atomic mass is 35.5. The first kappa shape index (κ1) is 24.9. The minimum Gasteiger partial charge on any atom is -0.332 e. The predicted molar refractivity (Wildman–Crippen MR) is 137 cm³/mol. The number of hydrogen-bond donors (Lipinski definition) is 0. The summed E-state index contributed by atoms with van der Waals surface area (Å²) in [6.45, 7) is 0.704. The molecule has 1 aliphatic carbocycles. The lowest BCUT2D eigenvalue weighted by Crippen LogP contribution is -2.47. The van der Waals surface area contributed by atoms with Crippen molar-refractivity contribution in [3.05, 3.63) is 87.6 Å². The number of hydrogen-bond acceptors (Lipinski definition) is 4. The molecule has 0 unspecified atom stereocenters. The van der Waals surface area contributed by atoms with Gasteiger partial charge in [0.1, 0.15) is 0 Å². The molecule has 0 saturated heterocycles. The van der Waals surface area contributed by atoms with Gasteiger partial charge in [-0.15, -0.1) is 11.3 Å². The molecule has 0 bridgehead atoms. The normalized spacial score (nSPS) is 14.9. The van der Waals surface area contributed by atoms with Crippen molar-refractivity contribution in [1.82, 2.24) is 9.21 Å². The monoisotopic (exact) mass is 516 g/mol. The summed E-state index contributed by atoms with van der Waals surface area (Å²) in [6.07, 6.45) is 4.56. The van der Waals surface area contributed by atoms with Crippen LogP contribution < -0.4 is 0 Å². The van der Waals surface area contributed by atoms with Gasteiger partial charge >= 0.3 is 0 Å². The molecule has 0 atom stereocenters. The minimum absolute atomic E-state index is 0.170. The van der Waals surface area contributed by atoms with Crippen molar-refractivity contribution in [3.63, 3.8) is 0 Å². The Morgan fingerprint density at radius 2 is 1.62 bits per heavy atom. The van der Waals surface area contributed by atoms with E-state index in [0.717, 1.165) is 42.5 Å². The molecule has 2 aromatic carbocycles. The highest BCUT2D eigenvalue weighted by molar-refractivity contribution is 7.89. The third-order valence-electron chi connectivity index (χ3n) is 6.19. The second-order valence-electron chi connectivity index (χ2n) is 8.61. The molecule has 4 rings (SSSR count). The Hall–Kier alpha value is -2.19. The molecule has 0 spiro atoms. The van der Waals surface area contributed by atoms with Gasteiger partial charge in [0.25, 0.3) is 0 Å². The fourth-order valence-corrected chi connectivity index (χ4v) is 6.86. The summed E-state index contributed by atoms with van der Waals surface area (Å²) in [6, 6.07) is 19.8. The lowest BCUT2D eigenvalue weighted by atomic mass is 9.95. The van der Waals surface area contributed by atoms with Crippen molar-refractivity contribution >= 4 is 38.9 Å². The smallest absolute Gasteiger partial charge is 0.243 e. The van der Waals surface area contributed by atoms with Crippen LogP contribution in [0.15, 0.2) is 77.0 Å². The van der Waals surface area contributed by atoms with Crippen LogP contribution in [0.3, 0.4) is 0 Å². The number of carbonyl (C=O) groups excluding carboxylic acids is 1. The summed E-state index contributed by atoms with van der Waals surface area (Å²) in [5, 5.41) is 2.46. The molecule has 34 heavy (non-hydrogen) atoms. The average molecular weight is 517 g/mol. The van der Waals surface area contributed by atoms with Gasteiger partial charge in [0.05, 0.1) is 18.0 Å². The maximum Gasteiger partial charge on any atom is 0.243 e. The second kappa shape index (κ2) is 11.5. The van der Waals surface area contributed by atoms with E-state index in [1.165, 1.54) is 16.4 Å². The van der Waals surface area contributed by atoms with Gasteiger partial charge in [0, 0.05) is 22.5 Å². The SMILES string of the molecule is O=C(CN(C1CCCCC1)S(=O)(=O)c1ccc(Cl)cc1)N(Cc1ccccc1)Cc1cccs1. The third-order valence-corrected chi connectivity index (χ3v) is 9.21. The zero-order valence-corrected chi connectivity index (χ0v) is 21.4. The Morgan fingerprint density at radius 1 is 0.912 bits per heavy atom. The molecule has 0 radical (unpaired) electrons. The molecule has 180 valence electrons. The maximum absolute atomic E-state index is 13.7. The summed E-state index contributed by atoms with van der Waals surface area (Å²) in [5.74, 6) is -0.194. The maximum atomic E-state index is 13.7. The van der Waals surface area contributed by atoms with E-state index in [1.54, 1.807) is 28.4 Å². The molecule has 0 aliphatic heterocycles. The average Bonchev–Trinajstić information content (AvgIpc) is 3.36. The van der Waals surface area contributed by atoms with Crippen molar-refractivity contribution in [2.75, 3.05) is 6.54 Å². The number of nitrogens with zero attached hydrogens (tertiary/aromatic N) is 2. The van der Waals surface area contributed by atoms with Crippen LogP contribution >= 0.6 is 22.9 Å². The van der Waals surface area contributed by atoms with E-state index >= 15 is 0 Å². The summed E-state index contributed by atoms with van der Waals surface area (Å²) in [4.78, 5) is 16.7. The van der Waals surface area contributed by atoms with Crippen molar-refractivity contribution in [3.8, 4) is 0 Å². The number of thiophene rings is 1. The molecule has 1 saturated carbocycles. The van der Waals surface area contributed by atoms with E-state index in [2.05, 4.69) is 0 Å².